The van der Waals surface area contributed by atoms with Gasteiger partial charge in [0.2, 0.25) is 0 Å². The predicted molar refractivity (Wildman–Crippen MR) is 67.1 cm³/mol. The smallest absolute Gasteiger partial charge is 0.274 e. The van der Waals surface area contributed by atoms with Gasteiger partial charge in [-0.1, -0.05) is 13.8 Å². The van der Waals surface area contributed by atoms with Crippen molar-refractivity contribution in [2.45, 2.75) is 34.2 Å². The van der Waals surface area contributed by atoms with E-state index < -0.39 is 0 Å². The lowest BCUT2D eigenvalue weighted by atomic mass is 10.1. The third kappa shape index (κ3) is 2.25. The molecule has 0 aromatic carbocycles. The maximum atomic E-state index is 11.9. The van der Waals surface area contributed by atoms with E-state index in [2.05, 4.69) is 29.8 Å². The first-order chi connectivity index (χ1) is 6.86. The summed E-state index contributed by atoms with van der Waals surface area (Å²) in [5, 5.41) is 0. The first-order valence-electron chi connectivity index (χ1n) is 5.01. The van der Waals surface area contributed by atoms with Gasteiger partial charge in [0.05, 0.1) is 0 Å². The van der Waals surface area contributed by atoms with Crippen LogP contribution >= 0.6 is 15.9 Å². The summed E-state index contributed by atoms with van der Waals surface area (Å²) in [7, 11) is 0. The third-order valence-electron chi connectivity index (χ3n) is 2.48. The van der Waals surface area contributed by atoms with Crippen molar-refractivity contribution >= 4 is 21.6 Å². The van der Waals surface area contributed by atoms with Gasteiger partial charge in [-0.25, -0.2) is 0 Å². The molecule has 0 atom stereocenters. The molecule has 15 heavy (non-hydrogen) atoms. The molecule has 84 valence electrons. The molecule has 1 aromatic rings. The molecule has 0 radical (unpaired) electrons. The molecule has 0 saturated carbocycles. The van der Waals surface area contributed by atoms with Gasteiger partial charge in [-0.2, -0.15) is 0 Å². The molecule has 0 unspecified atom stereocenters. The Bertz CT molecular complexity index is 435. The molecule has 0 amide bonds. The van der Waals surface area contributed by atoms with Crippen LogP contribution in [0.15, 0.2) is 9.27 Å². The van der Waals surface area contributed by atoms with E-state index in [0.29, 0.717) is 18.2 Å². The molecule has 0 saturated heterocycles. The summed E-state index contributed by atoms with van der Waals surface area (Å²) in [5.74, 6) is 0.426. The van der Waals surface area contributed by atoms with E-state index >= 15 is 0 Å². The maximum absolute atomic E-state index is 11.9. The Hall–Kier alpha value is -0.770. The second-order valence-corrected chi connectivity index (χ2v) is 5.04. The lowest BCUT2D eigenvalue weighted by Crippen LogP contribution is -2.28. The van der Waals surface area contributed by atoms with Crippen molar-refractivity contribution in [2.75, 3.05) is 5.73 Å². The van der Waals surface area contributed by atoms with E-state index in [1.807, 2.05) is 13.8 Å². The second kappa shape index (κ2) is 4.39. The molecule has 0 aliphatic heterocycles. The maximum Gasteiger partial charge on any atom is 0.274 e. The highest BCUT2D eigenvalue weighted by molar-refractivity contribution is 9.10. The molecule has 0 spiro atoms. The fourth-order valence-corrected chi connectivity index (χ4v) is 1.98. The molecule has 1 heterocycles. The minimum Gasteiger partial charge on any atom is -0.394 e. The van der Waals surface area contributed by atoms with Crippen molar-refractivity contribution in [3.63, 3.8) is 0 Å². The largest absolute Gasteiger partial charge is 0.394 e. The van der Waals surface area contributed by atoms with Gasteiger partial charge in [0.25, 0.3) is 5.56 Å². The zero-order chi connectivity index (χ0) is 11.7. The van der Waals surface area contributed by atoms with E-state index in [9.17, 15) is 4.79 Å². The third-order valence-corrected chi connectivity index (χ3v) is 3.65. The average molecular weight is 273 g/mol. The first-order valence-corrected chi connectivity index (χ1v) is 5.80. The Kier molecular flexibility index (Phi) is 3.60. The Morgan fingerprint density at radius 2 is 1.93 bits per heavy atom. The number of hydrogen-bond donors (Lipinski definition) is 1. The minimum absolute atomic E-state index is 0.0816. The van der Waals surface area contributed by atoms with Gasteiger partial charge in [0, 0.05) is 16.7 Å². The van der Waals surface area contributed by atoms with Gasteiger partial charge in [0.1, 0.15) is 5.69 Å². The quantitative estimate of drug-likeness (QED) is 0.899. The van der Waals surface area contributed by atoms with Crippen molar-refractivity contribution < 1.29 is 0 Å². The number of nitrogens with zero attached hydrogens (tertiary/aromatic N) is 1. The average Bonchev–Trinajstić information content (AvgIpc) is 2.18. The molecule has 2 N–H and O–H groups in total. The fraction of sp³-hybridized carbons (Fsp3) is 0.545. The van der Waals surface area contributed by atoms with Crippen LogP contribution in [-0.2, 0) is 6.54 Å². The second-order valence-electron chi connectivity index (χ2n) is 4.25. The number of pyridine rings is 1. The highest BCUT2D eigenvalue weighted by Gasteiger charge is 2.13. The van der Waals surface area contributed by atoms with E-state index in [4.69, 9.17) is 5.73 Å². The molecule has 0 fully saturated rings. The van der Waals surface area contributed by atoms with E-state index in [1.165, 1.54) is 0 Å². The van der Waals surface area contributed by atoms with Crippen LogP contribution in [-0.4, -0.2) is 4.57 Å². The van der Waals surface area contributed by atoms with Crippen LogP contribution in [0.25, 0.3) is 0 Å². The van der Waals surface area contributed by atoms with E-state index in [1.54, 1.807) is 4.57 Å². The number of aromatic nitrogens is 1. The minimum atomic E-state index is -0.0816. The lowest BCUT2D eigenvalue weighted by molar-refractivity contribution is 0.501. The van der Waals surface area contributed by atoms with E-state index in [-0.39, 0.29) is 5.56 Å². The number of halogens is 1. The molecule has 0 aliphatic rings. The van der Waals surface area contributed by atoms with Crippen molar-refractivity contribution in [2.24, 2.45) is 5.92 Å². The molecule has 4 heteroatoms. The number of nitrogens with two attached hydrogens (primary N) is 1. The molecule has 0 bridgehead atoms. The van der Waals surface area contributed by atoms with Gasteiger partial charge >= 0.3 is 0 Å². The summed E-state index contributed by atoms with van der Waals surface area (Å²) in [6.45, 7) is 8.65. The molecular weight excluding hydrogens is 256 g/mol. The summed E-state index contributed by atoms with van der Waals surface area (Å²) in [5.41, 5.74) is 7.80. The van der Waals surface area contributed by atoms with Gasteiger partial charge in [-0.3, -0.25) is 4.79 Å². The predicted octanol–water partition coefficient (Wildman–Crippen LogP) is 2.47. The Balaban J connectivity index is 3.46. The summed E-state index contributed by atoms with van der Waals surface area (Å²) < 4.78 is 2.66. The monoisotopic (exact) mass is 272 g/mol. The summed E-state index contributed by atoms with van der Waals surface area (Å²) in [4.78, 5) is 11.9. The zero-order valence-corrected chi connectivity index (χ0v) is 11.2. The van der Waals surface area contributed by atoms with Gasteiger partial charge in [-0.15, -0.1) is 0 Å². The van der Waals surface area contributed by atoms with Crippen LogP contribution in [0.4, 0.5) is 5.69 Å². The number of anilines is 1. The number of nitrogen functional groups attached to an aromatic ring is 1. The van der Waals surface area contributed by atoms with Crippen molar-refractivity contribution in [3.05, 3.63) is 26.1 Å². The lowest BCUT2D eigenvalue weighted by Gasteiger charge is -2.16. The van der Waals surface area contributed by atoms with Gasteiger partial charge in [0.15, 0.2) is 0 Å². The van der Waals surface area contributed by atoms with Crippen LogP contribution in [0.3, 0.4) is 0 Å². The van der Waals surface area contributed by atoms with E-state index in [0.717, 1.165) is 15.7 Å². The molecule has 3 nitrogen and oxygen atoms in total. The molecule has 1 rings (SSSR count). The Labute approximate surface area is 98.4 Å². The Morgan fingerprint density at radius 3 is 2.40 bits per heavy atom. The van der Waals surface area contributed by atoms with Crippen LogP contribution in [0.5, 0.6) is 0 Å². The van der Waals surface area contributed by atoms with Crippen molar-refractivity contribution in [1.82, 2.24) is 4.57 Å². The van der Waals surface area contributed by atoms with Crippen LogP contribution in [0, 0.1) is 19.8 Å². The molecule has 1 aromatic heterocycles. The highest BCUT2D eigenvalue weighted by Crippen LogP contribution is 2.23. The normalized spacial score (nSPS) is 11.1. The van der Waals surface area contributed by atoms with Crippen LogP contribution in [0.1, 0.15) is 25.1 Å². The first kappa shape index (κ1) is 12.3. The Morgan fingerprint density at radius 1 is 1.40 bits per heavy atom. The summed E-state index contributed by atoms with van der Waals surface area (Å²) in [6.07, 6.45) is 0. The zero-order valence-electron chi connectivity index (χ0n) is 9.60. The highest BCUT2D eigenvalue weighted by atomic mass is 79.9. The summed E-state index contributed by atoms with van der Waals surface area (Å²) in [6, 6.07) is 0. The van der Waals surface area contributed by atoms with Crippen molar-refractivity contribution in [3.8, 4) is 0 Å². The van der Waals surface area contributed by atoms with Gasteiger partial charge in [-0.05, 0) is 41.3 Å². The SMILES string of the molecule is Cc1c(Br)c(C)n(CC(C)C)c(=O)c1N. The molecule has 0 aliphatic carbocycles. The number of rotatable bonds is 2. The number of hydrogen-bond acceptors (Lipinski definition) is 2. The van der Waals surface area contributed by atoms with Crippen molar-refractivity contribution in [1.29, 1.82) is 0 Å². The molecular formula is C11H17BrN2O. The van der Waals surface area contributed by atoms with Gasteiger partial charge < -0.3 is 10.3 Å². The summed E-state index contributed by atoms with van der Waals surface area (Å²) >= 11 is 3.47. The van der Waals surface area contributed by atoms with Crippen LogP contribution < -0.4 is 11.3 Å². The topological polar surface area (TPSA) is 48.0 Å². The van der Waals surface area contributed by atoms with Crippen LogP contribution in [0.2, 0.25) is 0 Å². The standard InChI is InChI=1S/C11H17BrN2O/c1-6(2)5-14-8(4)9(12)7(3)10(13)11(14)15/h6H,5,13H2,1-4H3. The fourth-order valence-electron chi connectivity index (χ4n) is 1.55.